The van der Waals surface area contributed by atoms with E-state index in [1.807, 2.05) is 0 Å². The van der Waals surface area contributed by atoms with Crippen molar-refractivity contribution in [3.63, 3.8) is 0 Å². The Kier molecular flexibility index (Phi) is 3.89. The molecule has 0 radical (unpaired) electrons. The van der Waals surface area contributed by atoms with E-state index in [0.717, 1.165) is 18.6 Å². The Bertz CT molecular complexity index is 517. The molecule has 0 heterocycles. The van der Waals surface area contributed by atoms with Crippen LogP contribution in [-0.4, -0.2) is 18.1 Å². The maximum Gasteiger partial charge on any atom is 0.417 e. The van der Waals surface area contributed by atoms with E-state index in [-0.39, 0.29) is 17.9 Å². The molecule has 0 bridgehead atoms. The molecular weight excluding hydrogens is 273 g/mol. The lowest BCUT2D eigenvalue weighted by molar-refractivity contribution is -0.138. The number of ether oxygens (including phenoxy) is 1. The van der Waals surface area contributed by atoms with Crippen LogP contribution in [0, 0.1) is 0 Å². The summed E-state index contributed by atoms with van der Waals surface area (Å²) in [6, 6.07) is 3.19. The van der Waals surface area contributed by atoms with Gasteiger partial charge in [0.15, 0.2) is 0 Å². The number of primary amides is 1. The number of hydrogen-bond donors (Lipinski definition) is 2. The van der Waals surface area contributed by atoms with E-state index >= 15 is 0 Å². The van der Waals surface area contributed by atoms with Crippen molar-refractivity contribution in [1.82, 2.24) is 0 Å². The Morgan fingerprint density at radius 1 is 1.30 bits per heavy atom. The van der Waals surface area contributed by atoms with Crippen LogP contribution in [-0.2, 0) is 6.18 Å². The molecule has 4 nitrogen and oxygen atoms in total. The summed E-state index contributed by atoms with van der Waals surface area (Å²) in [7, 11) is 0. The van der Waals surface area contributed by atoms with Crippen LogP contribution in [0.15, 0.2) is 18.2 Å². The SMILES string of the molecule is NC(=O)c1ccc(OC2CCC(N)C2)cc1C(F)(F)F. The summed E-state index contributed by atoms with van der Waals surface area (Å²) in [6.07, 6.45) is -2.74. The molecule has 1 aliphatic rings. The van der Waals surface area contributed by atoms with E-state index in [9.17, 15) is 18.0 Å². The lowest BCUT2D eigenvalue weighted by Gasteiger charge is -2.16. The second kappa shape index (κ2) is 5.32. The molecule has 1 aromatic carbocycles. The van der Waals surface area contributed by atoms with Gasteiger partial charge in [0, 0.05) is 6.04 Å². The summed E-state index contributed by atoms with van der Waals surface area (Å²) >= 11 is 0. The average Bonchev–Trinajstić information content (AvgIpc) is 2.73. The average molecular weight is 288 g/mol. The van der Waals surface area contributed by atoms with E-state index in [1.165, 1.54) is 6.07 Å². The van der Waals surface area contributed by atoms with Crippen molar-refractivity contribution < 1.29 is 22.7 Å². The third-order valence-corrected chi connectivity index (χ3v) is 3.29. The zero-order valence-electron chi connectivity index (χ0n) is 10.6. The Morgan fingerprint density at radius 3 is 2.50 bits per heavy atom. The van der Waals surface area contributed by atoms with E-state index in [1.54, 1.807) is 0 Å². The molecule has 0 aromatic heterocycles. The summed E-state index contributed by atoms with van der Waals surface area (Å²) in [5.74, 6) is -1.05. The molecule has 0 aliphatic heterocycles. The summed E-state index contributed by atoms with van der Waals surface area (Å²) in [5.41, 5.74) is 9.03. The molecule has 2 unspecified atom stereocenters. The molecule has 2 rings (SSSR count). The number of hydrogen-bond acceptors (Lipinski definition) is 3. The van der Waals surface area contributed by atoms with Crippen molar-refractivity contribution in [2.45, 2.75) is 37.6 Å². The van der Waals surface area contributed by atoms with Crippen LogP contribution in [0.4, 0.5) is 13.2 Å². The van der Waals surface area contributed by atoms with Crippen molar-refractivity contribution in [3.8, 4) is 5.75 Å². The molecule has 110 valence electrons. The van der Waals surface area contributed by atoms with Gasteiger partial charge in [-0.05, 0) is 37.5 Å². The van der Waals surface area contributed by atoms with Crippen molar-refractivity contribution in [2.75, 3.05) is 0 Å². The molecule has 0 saturated heterocycles. The van der Waals surface area contributed by atoms with Crippen molar-refractivity contribution in [2.24, 2.45) is 11.5 Å². The summed E-state index contributed by atoms with van der Waals surface area (Å²) in [4.78, 5) is 11.0. The number of halogens is 3. The van der Waals surface area contributed by atoms with Gasteiger partial charge in [0.2, 0.25) is 5.91 Å². The fourth-order valence-corrected chi connectivity index (χ4v) is 2.32. The van der Waals surface area contributed by atoms with Crippen molar-refractivity contribution in [1.29, 1.82) is 0 Å². The van der Waals surface area contributed by atoms with Crippen LogP contribution in [0.3, 0.4) is 0 Å². The lowest BCUT2D eigenvalue weighted by atomic mass is 10.1. The highest BCUT2D eigenvalue weighted by molar-refractivity contribution is 5.94. The van der Waals surface area contributed by atoms with Gasteiger partial charge in [-0.1, -0.05) is 0 Å². The number of carbonyl (C=O) groups is 1. The Balaban J connectivity index is 2.25. The lowest BCUT2D eigenvalue weighted by Crippen LogP contribution is -2.21. The Hall–Kier alpha value is -1.76. The molecule has 4 N–H and O–H groups in total. The molecule has 1 aromatic rings. The van der Waals surface area contributed by atoms with Gasteiger partial charge in [-0.3, -0.25) is 4.79 Å². The molecule has 7 heteroatoms. The minimum Gasteiger partial charge on any atom is -0.490 e. The quantitative estimate of drug-likeness (QED) is 0.893. The van der Waals surface area contributed by atoms with Crippen molar-refractivity contribution >= 4 is 5.91 Å². The van der Waals surface area contributed by atoms with Gasteiger partial charge in [0.05, 0.1) is 11.1 Å². The molecule has 1 saturated carbocycles. The maximum atomic E-state index is 12.9. The molecule has 1 aliphatic carbocycles. The summed E-state index contributed by atoms with van der Waals surface area (Å²) in [5, 5.41) is 0. The first-order valence-electron chi connectivity index (χ1n) is 6.20. The number of nitrogens with two attached hydrogens (primary N) is 2. The first-order valence-corrected chi connectivity index (χ1v) is 6.20. The molecule has 1 amide bonds. The third-order valence-electron chi connectivity index (χ3n) is 3.29. The Labute approximate surface area is 113 Å². The number of carbonyl (C=O) groups excluding carboxylic acids is 1. The predicted molar refractivity (Wildman–Crippen MR) is 66.2 cm³/mol. The fraction of sp³-hybridized carbons (Fsp3) is 0.462. The minimum atomic E-state index is -4.66. The molecular formula is C13H15F3N2O2. The standard InChI is InChI=1S/C13H15F3N2O2/c14-13(15,16)11-6-9(3-4-10(11)12(18)19)20-8-2-1-7(17)5-8/h3-4,6-8H,1-2,5,17H2,(H2,18,19). The normalized spacial score (nSPS) is 22.8. The number of alkyl halides is 3. The van der Waals surface area contributed by atoms with Gasteiger partial charge in [0.25, 0.3) is 0 Å². The van der Waals surface area contributed by atoms with E-state index in [4.69, 9.17) is 16.2 Å². The zero-order chi connectivity index (χ0) is 14.9. The van der Waals surface area contributed by atoms with Crippen LogP contribution in [0.25, 0.3) is 0 Å². The highest BCUT2D eigenvalue weighted by Crippen LogP contribution is 2.35. The highest BCUT2D eigenvalue weighted by atomic mass is 19.4. The molecule has 0 spiro atoms. The van der Waals surface area contributed by atoms with Gasteiger partial charge in [-0.2, -0.15) is 13.2 Å². The first-order chi connectivity index (χ1) is 9.27. The summed E-state index contributed by atoms with van der Waals surface area (Å²) in [6.45, 7) is 0. The first kappa shape index (κ1) is 14.6. The van der Waals surface area contributed by atoms with Crippen LogP contribution < -0.4 is 16.2 Å². The fourth-order valence-electron chi connectivity index (χ4n) is 2.32. The second-order valence-corrected chi connectivity index (χ2v) is 4.88. The van der Waals surface area contributed by atoms with Crippen LogP contribution in [0.1, 0.15) is 35.2 Å². The molecule has 20 heavy (non-hydrogen) atoms. The second-order valence-electron chi connectivity index (χ2n) is 4.88. The van der Waals surface area contributed by atoms with Crippen LogP contribution >= 0.6 is 0 Å². The van der Waals surface area contributed by atoms with Crippen LogP contribution in [0.5, 0.6) is 5.75 Å². The monoisotopic (exact) mass is 288 g/mol. The Morgan fingerprint density at radius 2 is 2.00 bits per heavy atom. The topological polar surface area (TPSA) is 78.3 Å². The van der Waals surface area contributed by atoms with E-state index < -0.39 is 23.2 Å². The largest absolute Gasteiger partial charge is 0.490 e. The smallest absolute Gasteiger partial charge is 0.417 e. The van der Waals surface area contributed by atoms with E-state index in [0.29, 0.717) is 12.8 Å². The van der Waals surface area contributed by atoms with Gasteiger partial charge < -0.3 is 16.2 Å². The number of rotatable bonds is 3. The van der Waals surface area contributed by atoms with Crippen molar-refractivity contribution in [3.05, 3.63) is 29.3 Å². The predicted octanol–water partition coefficient (Wildman–Crippen LogP) is 2.06. The molecule has 1 fully saturated rings. The number of benzene rings is 1. The van der Waals surface area contributed by atoms with E-state index in [2.05, 4.69) is 0 Å². The van der Waals surface area contributed by atoms with Gasteiger partial charge >= 0.3 is 6.18 Å². The highest BCUT2D eigenvalue weighted by Gasteiger charge is 2.35. The maximum absolute atomic E-state index is 12.9. The minimum absolute atomic E-state index is 0.0204. The third kappa shape index (κ3) is 3.22. The van der Waals surface area contributed by atoms with Gasteiger partial charge in [0.1, 0.15) is 11.9 Å². The van der Waals surface area contributed by atoms with Gasteiger partial charge in [-0.25, -0.2) is 0 Å². The molecule has 2 atom stereocenters. The summed E-state index contributed by atoms with van der Waals surface area (Å²) < 4.78 is 44.1. The number of amides is 1. The van der Waals surface area contributed by atoms with Crippen LogP contribution in [0.2, 0.25) is 0 Å². The zero-order valence-corrected chi connectivity index (χ0v) is 10.6. The van der Waals surface area contributed by atoms with Gasteiger partial charge in [-0.15, -0.1) is 0 Å².